The van der Waals surface area contributed by atoms with Gasteiger partial charge in [-0.05, 0) is 0 Å². The number of hydrogen-bond acceptors (Lipinski definition) is 1. The molecule has 2 heteroatoms. The van der Waals surface area contributed by atoms with E-state index in [4.69, 9.17) is 2.85 Å². The third-order valence-corrected chi connectivity index (χ3v) is 20.4. The van der Waals surface area contributed by atoms with Crippen LogP contribution in [-0.2, 0) is 31.6 Å². The van der Waals surface area contributed by atoms with Crippen LogP contribution < -0.4 is 0 Å². The summed E-state index contributed by atoms with van der Waals surface area (Å²) in [5.74, 6) is 0. The van der Waals surface area contributed by atoms with E-state index in [1.807, 2.05) is 0 Å². The van der Waals surface area contributed by atoms with Crippen LogP contribution in [0.5, 0.6) is 0 Å². The van der Waals surface area contributed by atoms with Gasteiger partial charge in [0.2, 0.25) is 0 Å². The molecule has 1 aliphatic carbocycles. The van der Waals surface area contributed by atoms with Gasteiger partial charge in [0.15, 0.2) is 0 Å². The zero-order chi connectivity index (χ0) is 16.8. The van der Waals surface area contributed by atoms with Crippen LogP contribution >= 0.6 is 0 Å². The molecule has 0 radical (unpaired) electrons. The molecule has 2 aromatic carbocycles. The molecule has 1 aliphatic rings. The first-order valence-electron chi connectivity index (χ1n) is 8.80. The Bertz CT molecular complexity index is 660. The normalized spacial score (nSPS) is 14.2. The molecule has 0 N–H and O–H groups in total. The van der Waals surface area contributed by atoms with Gasteiger partial charge in [0.05, 0.1) is 0 Å². The van der Waals surface area contributed by atoms with Crippen molar-refractivity contribution in [3.8, 4) is 0 Å². The van der Waals surface area contributed by atoms with Gasteiger partial charge in [-0.15, -0.1) is 0 Å². The Morgan fingerprint density at radius 1 is 0.875 bits per heavy atom. The van der Waals surface area contributed by atoms with Crippen molar-refractivity contribution in [1.82, 2.24) is 0 Å². The number of rotatable bonds is 7. The summed E-state index contributed by atoms with van der Waals surface area (Å²) in [5, 5.41) is 0. The molecular formula is C22H26HfO. The zero-order valence-corrected chi connectivity index (χ0v) is 18.2. The topological polar surface area (TPSA) is 9.23 Å². The minimum absolute atomic E-state index is 0.278. The summed E-state index contributed by atoms with van der Waals surface area (Å²) in [6.45, 7) is 4.38. The Kier molecular flexibility index (Phi) is 6.02. The van der Waals surface area contributed by atoms with Crippen molar-refractivity contribution in [2.45, 2.75) is 34.7 Å². The third kappa shape index (κ3) is 4.43. The fraction of sp³-hybridized carbons (Fsp3) is 0.273. The second-order valence-electron chi connectivity index (χ2n) is 6.81. The van der Waals surface area contributed by atoms with Crippen molar-refractivity contribution >= 4 is 0 Å². The van der Waals surface area contributed by atoms with E-state index in [0.29, 0.717) is 0 Å². The fourth-order valence-corrected chi connectivity index (χ4v) is 19.6. The predicted octanol–water partition coefficient (Wildman–Crippen LogP) is 5.72. The summed E-state index contributed by atoms with van der Waals surface area (Å²) in [7, 11) is 0. The molecule has 0 aromatic heterocycles. The van der Waals surface area contributed by atoms with Crippen LogP contribution in [0, 0.1) is 0 Å². The monoisotopic (exact) mass is 486 g/mol. The van der Waals surface area contributed by atoms with Crippen LogP contribution in [0.1, 0.15) is 31.4 Å². The molecule has 0 bridgehead atoms. The van der Waals surface area contributed by atoms with Gasteiger partial charge in [0.1, 0.15) is 0 Å². The van der Waals surface area contributed by atoms with Crippen LogP contribution in [0.4, 0.5) is 0 Å². The van der Waals surface area contributed by atoms with E-state index < -0.39 is 20.4 Å². The summed E-state index contributed by atoms with van der Waals surface area (Å²) < 4.78 is 10.7. The standard InChI is InChI=1S/2C7H7.C5H5.C3H7O.Hf/c2*1-7-5-3-2-4-6-7;1-2-4-5-3-1;1-3(2)4;/h2*2-6H,1H2;1-3H,4H2;3H,1-2H3;/q;;;-1;+1. The number of hydrogen-bond donors (Lipinski definition) is 0. The molecule has 0 saturated heterocycles. The third-order valence-electron chi connectivity index (χ3n) is 4.48. The van der Waals surface area contributed by atoms with Gasteiger partial charge >= 0.3 is 151 Å². The van der Waals surface area contributed by atoms with Crippen LogP contribution in [0.15, 0.2) is 82.2 Å². The van der Waals surface area contributed by atoms with Crippen molar-refractivity contribution in [2.75, 3.05) is 0 Å². The van der Waals surface area contributed by atoms with E-state index in [9.17, 15) is 0 Å². The predicted molar refractivity (Wildman–Crippen MR) is 98.4 cm³/mol. The number of allylic oxidation sites excluding steroid dienone is 4. The second kappa shape index (κ2) is 8.22. The molecule has 0 fully saturated rings. The summed E-state index contributed by atoms with van der Waals surface area (Å²) in [4.78, 5) is 0. The van der Waals surface area contributed by atoms with E-state index in [1.54, 1.807) is 3.33 Å². The van der Waals surface area contributed by atoms with E-state index >= 15 is 0 Å². The molecule has 2 aromatic rings. The SMILES string of the molecule is CC(C)[O][Hf]([CH2]c1ccccc1)([CH2]c1ccccc1)[C]1=CC=CC1. The second-order valence-corrected chi connectivity index (χ2v) is 19.6. The molecule has 24 heavy (non-hydrogen) atoms. The summed E-state index contributed by atoms with van der Waals surface area (Å²) in [5.41, 5.74) is 2.84. The van der Waals surface area contributed by atoms with E-state index in [0.717, 1.165) is 14.8 Å². The van der Waals surface area contributed by atoms with Gasteiger partial charge in [0, 0.05) is 0 Å². The molecule has 0 aliphatic heterocycles. The Balaban J connectivity index is 1.98. The van der Waals surface area contributed by atoms with Crippen molar-refractivity contribution in [3.05, 3.63) is 93.3 Å². The van der Waals surface area contributed by atoms with Crippen molar-refractivity contribution in [2.24, 2.45) is 0 Å². The quantitative estimate of drug-likeness (QED) is 0.456. The van der Waals surface area contributed by atoms with Gasteiger partial charge in [-0.2, -0.15) is 0 Å². The van der Waals surface area contributed by atoms with Crippen molar-refractivity contribution in [1.29, 1.82) is 0 Å². The average molecular weight is 485 g/mol. The Morgan fingerprint density at radius 3 is 1.83 bits per heavy atom. The molecule has 0 heterocycles. The molecule has 124 valence electrons. The van der Waals surface area contributed by atoms with Crippen LogP contribution in [-0.4, -0.2) is 6.10 Å². The van der Waals surface area contributed by atoms with E-state index in [2.05, 4.69) is 92.7 Å². The Labute approximate surface area is 151 Å². The fourth-order valence-electron chi connectivity index (χ4n) is 3.54. The van der Waals surface area contributed by atoms with Crippen molar-refractivity contribution in [3.63, 3.8) is 0 Å². The summed E-state index contributed by atoms with van der Waals surface area (Å²) >= 11 is -3.20. The van der Waals surface area contributed by atoms with Gasteiger partial charge in [-0.1, -0.05) is 0 Å². The van der Waals surface area contributed by atoms with Crippen LogP contribution in [0.2, 0.25) is 0 Å². The number of benzene rings is 2. The molecule has 1 nitrogen and oxygen atoms in total. The van der Waals surface area contributed by atoms with Gasteiger partial charge < -0.3 is 0 Å². The minimum atomic E-state index is -3.20. The Morgan fingerprint density at radius 2 is 1.42 bits per heavy atom. The first-order chi connectivity index (χ1) is 11.7. The summed E-state index contributed by atoms with van der Waals surface area (Å²) in [6, 6.07) is 21.8. The Hall–Kier alpha value is -1.25. The maximum atomic E-state index is 6.84. The molecule has 3 rings (SSSR count). The molecule has 0 saturated carbocycles. The zero-order valence-electron chi connectivity index (χ0n) is 14.6. The summed E-state index contributed by atoms with van der Waals surface area (Å²) in [6.07, 6.45) is 8.19. The first-order valence-corrected chi connectivity index (χ1v) is 17.1. The van der Waals surface area contributed by atoms with Gasteiger partial charge in [0.25, 0.3) is 0 Å². The molecular weight excluding hydrogens is 459 g/mol. The average Bonchev–Trinajstić information content (AvgIpc) is 3.11. The van der Waals surface area contributed by atoms with E-state index in [1.165, 1.54) is 11.1 Å². The van der Waals surface area contributed by atoms with Crippen LogP contribution in [0.3, 0.4) is 0 Å². The van der Waals surface area contributed by atoms with Gasteiger partial charge in [-0.25, -0.2) is 0 Å². The maximum absolute atomic E-state index is 6.84. The molecule has 0 atom stereocenters. The molecule has 0 unspecified atom stereocenters. The first kappa shape index (κ1) is 17.6. The molecule has 0 amide bonds. The molecule has 0 spiro atoms. The van der Waals surface area contributed by atoms with Gasteiger partial charge in [-0.3, -0.25) is 0 Å². The van der Waals surface area contributed by atoms with E-state index in [-0.39, 0.29) is 6.10 Å². The van der Waals surface area contributed by atoms with Crippen LogP contribution in [0.25, 0.3) is 0 Å². The van der Waals surface area contributed by atoms with Crippen molar-refractivity contribution < 1.29 is 23.3 Å².